The van der Waals surface area contributed by atoms with Gasteiger partial charge in [-0.15, -0.1) is 0 Å². The lowest BCUT2D eigenvalue weighted by Gasteiger charge is -2.09. The molecule has 0 saturated carbocycles. The van der Waals surface area contributed by atoms with Crippen LogP contribution in [-0.2, 0) is 6.42 Å². The van der Waals surface area contributed by atoms with E-state index in [4.69, 9.17) is 11.6 Å². The minimum atomic E-state index is 0.808. The Morgan fingerprint density at radius 1 is 0.947 bits per heavy atom. The largest absolute Gasteiger partial charge is 0.309 e. The molecule has 0 atom stereocenters. The third-order valence-electron chi connectivity index (χ3n) is 3.21. The Bertz CT molecular complexity index is 517. The zero-order valence-corrected chi connectivity index (χ0v) is 12.3. The van der Waals surface area contributed by atoms with Crippen LogP contribution in [0.15, 0.2) is 48.5 Å². The molecule has 2 rings (SSSR count). The van der Waals surface area contributed by atoms with E-state index in [0.717, 1.165) is 23.6 Å². The van der Waals surface area contributed by atoms with Gasteiger partial charge in [0.1, 0.15) is 0 Å². The van der Waals surface area contributed by atoms with E-state index in [-0.39, 0.29) is 0 Å². The lowest BCUT2D eigenvalue weighted by molar-refractivity contribution is 0.400. The van der Waals surface area contributed by atoms with E-state index in [9.17, 15) is 0 Å². The predicted octanol–water partition coefficient (Wildman–Crippen LogP) is 4.50. The van der Waals surface area contributed by atoms with Crippen LogP contribution in [0.25, 0.3) is 11.1 Å². The van der Waals surface area contributed by atoms with Crippen molar-refractivity contribution in [2.45, 2.75) is 12.8 Å². The van der Waals surface area contributed by atoms with E-state index < -0.39 is 0 Å². The molecule has 0 heterocycles. The molecule has 100 valence electrons. The van der Waals surface area contributed by atoms with Gasteiger partial charge in [0.25, 0.3) is 0 Å². The Balaban J connectivity index is 2.04. The predicted molar refractivity (Wildman–Crippen MR) is 83.8 cm³/mol. The Kier molecular flexibility index (Phi) is 5.00. The minimum absolute atomic E-state index is 0.808. The molecule has 2 aromatic rings. The number of benzene rings is 2. The van der Waals surface area contributed by atoms with E-state index in [1.165, 1.54) is 17.5 Å². The van der Waals surface area contributed by atoms with Gasteiger partial charge in [-0.3, -0.25) is 0 Å². The Morgan fingerprint density at radius 3 is 2.26 bits per heavy atom. The van der Waals surface area contributed by atoms with Crippen molar-refractivity contribution in [2.24, 2.45) is 0 Å². The number of hydrogen-bond acceptors (Lipinski definition) is 1. The fourth-order valence-corrected chi connectivity index (χ4v) is 2.39. The monoisotopic (exact) mass is 273 g/mol. The number of hydrogen-bond donors (Lipinski definition) is 0. The first-order valence-corrected chi connectivity index (χ1v) is 7.03. The van der Waals surface area contributed by atoms with E-state index in [0.29, 0.717) is 0 Å². The molecule has 19 heavy (non-hydrogen) atoms. The molecule has 0 unspecified atom stereocenters. The summed E-state index contributed by atoms with van der Waals surface area (Å²) in [6.07, 6.45) is 2.32. The zero-order chi connectivity index (χ0) is 13.7. The molecule has 0 fully saturated rings. The molecule has 2 heteroatoms. The third kappa shape index (κ3) is 4.09. The molecule has 0 amide bonds. The number of nitrogens with zero attached hydrogens (tertiary/aromatic N) is 1. The molecule has 2 aromatic carbocycles. The zero-order valence-electron chi connectivity index (χ0n) is 11.6. The highest BCUT2D eigenvalue weighted by Crippen LogP contribution is 2.27. The van der Waals surface area contributed by atoms with Crippen LogP contribution in [0.4, 0.5) is 0 Å². The lowest BCUT2D eigenvalue weighted by Crippen LogP contribution is -2.13. The topological polar surface area (TPSA) is 3.24 Å². The highest BCUT2D eigenvalue weighted by Gasteiger charge is 2.02. The van der Waals surface area contributed by atoms with Crippen molar-refractivity contribution in [2.75, 3.05) is 20.6 Å². The van der Waals surface area contributed by atoms with Crippen molar-refractivity contribution in [1.82, 2.24) is 4.90 Å². The summed E-state index contributed by atoms with van der Waals surface area (Å²) in [5.74, 6) is 0. The van der Waals surface area contributed by atoms with Crippen LogP contribution >= 0.6 is 11.6 Å². The number of aryl methyl sites for hydroxylation is 1. The second-order valence-electron chi connectivity index (χ2n) is 5.08. The maximum absolute atomic E-state index is 6.21. The average Bonchev–Trinajstić information content (AvgIpc) is 2.40. The van der Waals surface area contributed by atoms with Gasteiger partial charge in [-0.05, 0) is 50.7 Å². The van der Waals surface area contributed by atoms with Gasteiger partial charge in [-0.1, -0.05) is 54.1 Å². The normalized spacial score (nSPS) is 10.9. The first-order chi connectivity index (χ1) is 9.16. The van der Waals surface area contributed by atoms with Crippen molar-refractivity contribution in [3.63, 3.8) is 0 Å². The summed E-state index contributed by atoms with van der Waals surface area (Å²) in [6.45, 7) is 1.13. The maximum Gasteiger partial charge on any atom is 0.0484 e. The maximum atomic E-state index is 6.21. The van der Waals surface area contributed by atoms with Crippen LogP contribution in [0, 0.1) is 0 Å². The van der Waals surface area contributed by atoms with Gasteiger partial charge < -0.3 is 4.90 Å². The molecule has 0 aliphatic heterocycles. The average molecular weight is 274 g/mol. The van der Waals surface area contributed by atoms with Gasteiger partial charge in [0.05, 0.1) is 0 Å². The second kappa shape index (κ2) is 6.74. The lowest BCUT2D eigenvalue weighted by atomic mass is 10.0. The fraction of sp³-hybridized carbons (Fsp3) is 0.294. The Morgan fingerprint density at radius 2 is 1.63 bits per heavy atom. The van der Waals surface area contributed by atoms with Gasteiger partial charge >= 0.3 is 0 Å². The molecule has 0 aromatic heterocycles. The van der Waals surface area contributed by atoms with Crippen molar-refractivity contribution < 1.29 is 0 Å². The van der Waals surface area contributed by atoms with Crippen LogP contribution < -0.4 is 0 Å². The van der Waals surface area contributed by atoms with Gasteiger partial charge in [0.2, 0.25) is 0 Å². The van der Waals surface area contributed by atoms with E-state index >= 15 is 0 Å². The smallest absolute Gasteiger partial charge is 0.0484 e. The highest BCUT2D eigenvalue weighted by molar-refractivity contribution is 6.33. The molecule has 0 aliphatic carbocycles. The molecule has 0 spiro atoms. The van der Waals surface area contributed by atoms with Crippen molar-refractivity contribution in [3.8, 4) is 11.1 Å². The standard InChI is InChI=1S/C17H20ClN/c1-19(2)13-5-6-14-9-11-15(12-10-14)16-7-3-4-8-17(16)18/h3-4,7-12H,5-6,13H2,1-2H3. The number of rotatable bonds is 5. The summed E-state index contributed by atoms with van der Waals surface area (Å²) in [7, 11) is 4.22. The van der Waals surface area contributed by atoms with Crippen LogP contribution in [0.5, 0.6) is 0 Å². The molecule has 1 nitrogen and oxygen atoms in total. The summed E-state index contributed by atoms with van der Waals surface area (Å²) in [5, 5.41) is 0.808. The molecule has 0 saturated heterocycles. The summed E-state index contributed by atoms with van der Waals surface area (Å²) in [4.78, 5) is 2.22. The fourth-order valence-electron chi connectivity index (χ4n) is 2.15. The molecular formula is C17H20ClN. The second-order valence-corrected chi connectivity index (χ2v) is 5.49. The van der Waals surface area contributed by atoms with Crippen molar-refractivity contribution >= 4 is 11.6 Å². The molecular weight excluding hydrogens is 254 g/mol. The van der Waals surface area contributed by atoms with Crippen LogP contribution in [-0.4, -0.2) is 25.5 Å². The van der Waals surface area contributed by atoms with Gasteiger partial charge in [0, 0.05) is 10.6 Å². The number of halogens is 1. The van der Waals surface area contributed by atoms with E-state index in [2.05, 4.69) is 49.3 Å². The van der Waals surface area contributed by atoms with Gasteiger partial charge in [0.15, 0.2) is 0 Å². The first-order valence-electron chi connectivity index (χ1n) is 6.65. The summed E-state index contributed by atoms with van der Waals surface area (Å²) < 4.78 is 0. The van der Waals surface area contributed by atoms with Crippen molar-refractivity contribution in [1.29, 1.82) is 0 Å². The quantitative estimate of drug-likeness (QED) is 0.775. The Labute approximate surface area is 120 Å². The van der Waals surface area contributed by atoms with Gasteiger partial charge in [-0.25, -0.2) is 0 Å². The summed E-state index contributed by atoms with van der Waals surface area (Å²) in [6, 6.07) is 16.7. The molecule has 0 N–H and O–H groups in total. The van der Waals surface area contributed by atoms with E-state index in [1.54, 1.807) is 0 Å². The SMILES string of the molecule is CN(C)CCCc1ccc(-c2ccccc2Cl)cc1. The van der Waals surface area contributed by atoms with E-state index in [1.807, 2.05) is 18.2 Å². The summed E-state index contributed by atoms with van der Waals surface area (Å²) >= 11 is 6.21. The molecule has 0 bridgehead atoms. The van der Waals surface area contributed by atoms with Crippen molar-refractivity contribution in [3.05, 3.63) is 59.1 Å². The minimum Gasteiger partial charge on any atom is -0.309 e. The Hall–Kier alpha value is -1.31. The molecule has 0 aliphatic rings. The highest BCUT2D eigenvalue weighted by atomic mass is 35.5. The molecule has 0 radical (unpaired) electrons. The first kappa shape index (κ1) is 14.1. The third-order valence-corrected chi connectivity index (χ3v) is 3.54. The van der Waals surface area contributed by atoms with Crippen LogP contribution in [0.2, 0.25) is 5.02 Å². The van der Waals surface area contributed by atoms with Crippen LogP contribution in [0.3, 0.4) is 0 Å². The summed E-state index contributed by atoms with van der Waals surface area (Å²) in [5.41, 5.74) is 3.67. The van der Waals surface area contributed by atoms with Gasteiger partial charge in [-0.2, -0.15) is 0 Å². The van der Waals surface area contributed by atoms with Crippen LogP contribution in [0.1, 0.15) is 12.0 Å².